The van der Waals surface area contributed by atoms with Crippen molar-refractivity contribution in [2.45, 2.75) is 108 Å². The van der Waals surface area contributed by atoms with E-state index >= 15 is 0 Å². The molecule has 0 saturated carbocycles. The number of carbonyl (C=O) groups is 2. The Labute approximate surface area is 206 Å². The predicted octanol–water partition coefficient (Wildman–Crippen LogP) is 0.704. The molecule has 6 atom stereocenters. The van der Waals surface area contributed by atoms with Gasteiger partial charge in [-0.05, 0) is 12.8 Å². The Balaban J connectivity index is 2.69. The molecule has 1 fully saturated rings. The fraction of sp³-hybridized carbons (Fsp3) is 0.909. The lowest BCUT2D eigenvalue weighted by molar-refractivity contribution is -0.297. The van der Waals surface area contributed by atoms with E-state index in [4.69, 9.17) is 23.5 Å². The average molecular weight is 529 g/mol. The van der Waals surface area contributed by atoms with Crippen molar-refractivity contribution in [3.8, 4) is 0 Å². The summed E-state index contributed by atoms with van der Waals surface area (Å²) in [4.78, 5) is 24.0. The summed E-state index contributed by atoms with van der Waals surface area (Å²) in [7, 11) is -4.57. The highest BCUT2D eigenvalue weighted by Crippen LogP contribution is 2.23. The first-order valence-electron chi connectivity index (χ1n) is 12.1. The third kappa shape index (κ3) is 13.0. The van der Waals surface area contributed by atoms with Gasteiger partial charge < -0.3 is 34.3 Å². The van der Waals surface area contributed by atoms with Crippen LogP contribution in [-0.4, -0.2) is 96.0 Å². The van der Waals surface area contributed by atoms with Gasteiger partial charge in [0.1, 0.15) is 36.8 Å². The van der Waals surface area contributed by atoms with Crippen LogP contribution in [0.5, 0.6) is 0 Å². The minimum atomic E-state index is -4.57. The number of aliphatic hydroxyl groups is 3. The van der Waals surface area contributed by atoms with E-state index in [2.05, 4.69) is 6.92 Å². The second kappa shape index (κ2) is 16.4. The normalized spacial score (nSPS) is 25.7. The Morgan fingerprint density at radius 3 is 2.14 bits per heavy atom. The number of hydrogen-bond acceptors (Lipinski definition) is 11. The van der Waals surface area contributed by atoms with Gasteiger partial charge in [0.25, 0.3) is 10.1 Å². The van der Waals surface area contributed by atoms with Crippen LogP contribution >= 0.6 is 0 Å². The molecule has 1 aliphatic heterocycles. The van der Waals surface area contributed by atoms with Gasteiger partial charge in [-0.15, -0.1) is 0 Å². The van der Waals surface area contributed by atoms with Gasteiger partial charge >= 0.3 is 11.9 Å². The van der Waals surface area contributed by atoms with Gasteiger partial charge in [-0.1, -0.05) is 46.0 Å². The van der Waals surface area contributed by atoms with Gasteiger partial charge in [0, 0.05) is 12.8 Å². The fourth-order valence-electron chi connectivity index (χ4n) is 3.47. The number of carbonyl (C=O) groups excluding carboxylic acids is 2. The number of rotatable bonds is 17. The molecule has 4 N–H and O–H groups in total. The number of unbranched alkanes of at least 4 members (excludes halogenated alkanes) is 5. The van der Waals surface area contributed by atoms with E-state index in [1.165, 1.54) is 0 Å². The van der Waals surface area contributed by atoms with Crippen molar-refractivity contribution in [3.63, 3.8) is 0 Å². The molecular weight excluding hydrogens is 488 g/mol. The van der Waals surface area contributed by atoms with Crippen molar-refractivity contribution >= 4 is 22.1 Å². The van der Waals surface area contributed by atoms with Crippen LogP contribution in [0.15, 0.2) is 0 Å². The van der Waals surface area contributed by atoms with Crippen LogP contribution in [0.25, 0.3) is 0 Å². The summed E-state index contributed by atoms with van der Waals surface area (Å²) in [6, 6.07) is 0. The first kappa shape index (κ1) is 31.7. The van der Waals surface area contributed by atoms with E-state index < -0.39 is 71.2 Å². The first-order valence-corrected chi connectivity index (χ1v) is 13.7. The SMILES string of the molecule is CCCCCCCCC(=O)O[C@@H](COC(=O)CCC)CO[C@H]1O[C@@H](CS(=O)(=O)O)[C@H](O)[C@@H](O)[C@H]1O. The topological polar surface area (TPSA) is 186 Å². The average Bonchev–Trinajstić information content (AvgIpc) is 2.78. The molecule has 1 saturated heterocycles. The van der Waals surface area contributed by atoms with Gasteiger partial charge in [-0.3, -0.25) is 14.1 Å². The number of hydrogen-bond donors (Lipinski definition) is 4. The molecule has 1 heterocycles. The van der Waals surface area contributed by atoms with Crippen LogP contribution in [-0.2, 0) is 38.7 Å². The van der Waals surface area contributed by atoms with Crippen LogP contribution in [0.3, 0.4) is 0 Å². The molecule has 1 aliphatic rings. The highest BCUT2D eigenvalue weighted by Gasteiger charge is 2.46. The molecule has 0 aromatic rings. The second-order valence-electron chi connectivity index (χ2n) is 8.66. The molecule has 1 rings (SSSR count). The summed E-state index contributed by atoms with van der Waals surface area (Å²) in [6.07, 6.45) is -2.85. The van der Waals surface area contributed by atoms with Gasteiger partial charge in [-0.2, -0.15) is 8.42 Å². The van der Waals surface area contributed by atoms with Crippen LogP contribution in [0.1, 0.15) is 71.6 Å². The molecule has 35 heavy (non-hydrogen) atoms. The van der Waals surface area contributed by atoms with Crippen LogP contribution in [0.4, 0.5) is 0 Å². The van der Waals surface area contributed by atoms with Crippen LogP contribution in [0.2, 0.25) is 0 Å². The Morgan fingerprint density at radius 1 is 0.857 bits per heavy atom. The van der Waals surface area contributed by atoms with E-state index in [9.17, 15) is 33.3 Å². The molecule has 206 valence electrons. The largest absolute Gasteiger partial charge is 0.462 e. The highest BCUT2D eigenvalue weighted by atomic mass is 32.2. The van der Waals surface area contributed by atoms with Crippen molar-refractivity contribution in [2.24, 2.45) is 0 Å². The summed E-state index contributed by atoms with van der Waals surface area (Å²) in [6.45, 7) is 3.18. The van der Waals surface area contributed by atoms with Gasteiger partial charge in [0.2, 0.25) is 0 Å². The Morgan fingerprint density at radius 2 is 1.51 bits per heavy atom. The molecule has 0 aliphatic carbocycles. The molecule has 0 aromatic carbocycles. The monoisotopic (exact) mass is 528 g/mol. The lowest BCUT2D eigenvalue weighted by Gasteiger charge is -2.40. The maximum Gasteiger partial charge on any atom is 0.306 e. The standard InChI is InChI=1S/C22H40O12S/c1-3-5-6-7-8-9-11-18(24)33-15(12-31-17(23)10-4-2)13-32-22-21(27)20(26)19(25)16(34-22)14-35(28,29)30/h15-16,19-22,25-27H,3-14H2,1-2H3,(H,28,29,30)/t15-,16-,19-,20+,21+,22-/m0/s1. The molecule has 0 unspecified atom stereocenters. The van der Waals surface area contributed by atoms with Crippen LogP contribution < -0.4 is 0 Å². The molecule has 12 nitrogen and oxygen atoms in total. The number of aliphatic hydroxyl groups excluding tert-OH is 3. The second-order valence-corrected chi connectivity index (χ2v) is 10.2. The maximum atomic E-state index is 12.3. The number of ether oxygens (including phenoxy) is 4. The smallest absolute Gasteiger partial charge is 0.306 e. The Kier molecular flexibility index (Phi) is 14.8. The van der Waals surface area contributed by atoms with Gasteiger partial charge in [0.05, 0.1) is 6.61 Å². The zero-order valence-electron chi connectivity index (χ0n) is 20.4. The predicted molar refractivity (Wildman–Crippen MR) is 123 cm³/mol. The molecule has 0 spiro atoms. The molecule has 0 bridgehead atoms. The minimum Gasteiger partial charge on any atom is -0.462 e. The summed E-state index contributed by atoms with van der Waals surface area (Å²) >= 11 is 0. The Hall–Kier alpha value is -1.35. The van der Waals surface area contributed by atoms with Crippen molar-refractivity contribution < 1.29 is 56.8 Å². The zero-order chi connectivity index (χ0) is 26.4. The van der Waals surface area contributed by atoms with Crippen molar-refractivity contribution in [1.82, 2.24) is 0 Å². The highest BCUT2D eigenvalue weighted by molar-refractivity contribution is 7.85. The third-order valence-corrected chi connectivity index (χ3v) is 6.16. The van der Waals surface area contributed by atoms with Crippen molar-refractivity contribution in [1.29, 1.82) is 0 Å². The third-order valence-electron chi connectivity index (χ3n) is 5.41. The lowest BCUT2D eigenvalue weighted by atomic mass is 10.00. The van der Waals surface area contributed by atoms with E-state index in [0.29, 0.717) is 12.8 Å². The van der Waals surface area contributed by atoms with Crippen LogP contribution in [0, 0.1) is 0 Å². The first-order chi connectivity index (χ1) is 16.5. The maximum absolute atomic E-state index is 12.3. The van der Waals surface area contributed by atoms with E-state index in [0.717, 1.165) is 32.1 Å². The molecule has 0 radical (unpaired) electrons. The summed E-state index contributed by atoms with van der Waals surface area (Å²) in [5.41, 5.74) is 0. The van der Waals surface area contributed by atoms with Gasteiger partial charge in [-0.25, -0.2) is 0 Å². The number of esters is 2. The summed E-state index contributed by atoms with van der Waals surface area (Å²) < 4.78 is 52.4. The molecule has 0 aromatic heterocycles. The fourth-order valence-corrected chi connectivity index (χ4v) is 4.17. The molecule has 0 amide bonds. The zero-order valence-corrected chi connectivity index (χ0v) is 21.2. The summed E-state index contributed by atoms with van der Waals surface area (Å²) in [5, 5.41) is 30.1. The van der Waals surface area contributed by atoms with Crippen molar-refractivity contribution in [3.05, 3.63) is 0 Å². The van der Waals surface area contributed by atoms with Crippen molar-refractivity contribution in [2.75, 3.05) is 19.0 Å². The van der Waals surface area contributed by atoms with E-state index in [-0.39, 0.29) is 19.4 Å². The molecule has 13 heteroatoms. The Bertz CT molecular complexity index is 728. The minimum absolute atomic E-state index is 0.162. The quantitative estimate of drug-likeness (QED) is 0.118. The van der Waals surface area contributed by atoms with Gasteiger partial charge in [0.15, 0.2) is 12.4 Å². The molecular formula is C22H40O12S. The van der Waals surface area contributed by atoms with E-state index in [1.54, 1.807) is 6.92 Å². The lowest BCUT2D eigenvalue weighted by Crippen LogP contribution is -2.60. The van der Waals surface area contributed by atoms with E-state index in [1.807, 2.05) is 0 Å². The summed E-state index contributed by atoms with van der Waals surface area (Å²) in [5.74, 6) is -2.06.